The van der Waals surface area contributed by atoms with Crippen LogP contribution in [0.4, 0.5) is 5.82 Å². The van der Waals surface area contributed by atoms with Crippen LogP contribution in [0.1, 0.15) is 18.9 Å². The molecular formula is C11H17BrN2O. The minimum Gasteiger partial charge on any atom is -0.382 e. The first kappa shape index (κ1) is 12.5. The number of anilines is 1. The largest absolute Gasteiger partial charge is 0.382 e. The zero-order valence-electron chi connectivity index (χ0n) is 9.22. The van der Waals surface area contributed by atoms with E-state index < -0.39 is 0 Å². The number of hydrogen-bond acceptors (Lipinski definition) is 3. The summed E-state index contributed by atoms with van der Waals surface area (Å²) in [6.45, 7) is 6.50. The number of rotatable bonds is 6. The van der Waals surface area contributed by atoms with Gasteiger partial charge in [0.1, 0.15) is 5.82 Å². The lowest BCUT2D eigenvalue weighted by molar-refractivity contribution is 0.147. The number of ether oxygens (including phenoxy) is 1. The van der Waals surface area contributed by atoms with Crippen LogP contribution in [0.15, 0.2) is 16.7 Å². The van der Waals surface area contributed by atoms with E-state index in [4.69, 9.17) is 4.74 Å². The summed E-state index contributed by atoms with van der Waals surface area (Å²) in [5.41, 5.74) is 1.15. The SMILES string of the molecule is CCOCCCNc1ncc(C)cc1Br. The normalized spacial score (nSPS) is 10.3. The van der Waals surface area contributed by atoms with Gasteiger partial charge in [0.15, 0.2) is 0 Å². The molecule has 0 unspecified atom stereocenters. The number of nitrogens with zero attached hydrogens (tertiary/aromatic N) is 1. The topological polar surface area (TPSA) is 34.1 Å². The smallest absolute Gasteiger partial charge is 0.140 e. The Hall–Kier alpha value is -0.610. The van der Waals surface area contributed by atoms with Crippen LogP contribution in [0.25, 0.3) is 0 Å². The highest BCUT2D eigenvalue weighted by atomic mass is 79.9. The van der Waals surface area contributed by atoms with Gasteiger partial charge < -0.3 is 10.1 Å². The molecule has 0 saturated carbocycles. The van der Waals surface area contributed by atoms with Crippen molar-refractivity contribution in [1.82, 2.24) is 4.98 Å². The molecule has 4 heteroatoms. The number of nitrogens with one attached hydrogen (secondary N) is 1. The predicted molar refractivity (Wildman–Crippen MR) is 66.3 cm³/mol. The van der Waals surface area contributed by atoms with Crippen molar-refractivity contribution in [3.63, 3.8) is 0 Å². The number of aryl methyl sites for hydroxylation is 1. The van der Waals surface area contributed by atoms with Crippen LogP contribution < -0.4 is 5.32 Å². The molecule has 0 aromatic carbocycles. The van der Waals surface area contributed by atoms with Gasteiger partial charge in [-0.3, -0.25) is 0 Å². The van der Waals surface area contributed by atoms with E-state index in [9.17, 15) is 0 Å². The van der Waals surface area contributed by atoms with Crippen molar-refractivity contribution in [3.05, 3.63) is 22.3 Å². The summed E-state index contributed by atoms with van der Waals surface area (Å²) in [6, 6.07) is 2.05. The van der Waals surface area contributed by atoms with Crippen molar-refractivity contribution in [2.75, 3.05) is 25.1 Å². The molecule has 1 aromatic heterocycles. The molecule has 1 aromatic rings. The molecule has 0 bridgehead atoms. The van der Waals surface area contributed by atoms with Crippen LogP contribution >= 0.6 is 15.9 Å². The van der Waals surface area contributed by atoms with Gasteiger partial charge in [-0.15, -0.1) is 0 Å². The fourth-order valence-corrected chi connectivity index (χ4v) is 1.79. The maximum atomic E-state index is 5.25. The van der Waals surface area contributed by atoms with Gasteiger partial charge in [0.25, 0.3) is 0 Å². The molecular weight excluding hydrogens is 256 g/mol. The Balaban J connectivity index is 2.31. The third-order valence-electron chi connectivity index (χ3n) is 1.94. The first-order valence-electron chi connectivity index (χ1n) is 5.17. The van der Waals surface area contributed by atoms with E-state index in [1.165, 1.54) is 0 Å². The Labute approximate surface area is 99.4 Å². The summed E-state index contributed by atoms with van der Waals surface area (Å²) in [5.74, 6) is 0.900. The third-order valence-corrected chi connectivity index (χ3v) is 2.54. The molecule has 0 fully saturated rings. The second kappa shape index (κ2) is 6.80. The van der Waals surface area contributed by atoms with E-state index in [-0.39, 0.29) is 0 Å². The van der Waals surface area contributed by atoms with Gasteiger partial charge in [0.2, 0.25) is 0 Å². The lowest BCUT2D eigenvalue weighted by Crippen LogP contribution is -2.07. The van der Waals surface area contributed by atoms with Crippen molar-refractivity contribution >= 4 is 21.7 Å². The highest BCUT2D eigenvalue weighted by Crippen LogP contribution is 2.20. The monoisotopic (exact) mass is 272 g/mol. The van der Waals surface area contributed by atoms with E-state index >= 15 is 0 Å². The fraction of sp³-hybridized carbons (Fsp3) is 0.545. The molecule has 0 saturated heterocycles. The van der Waals surface area contributed by atoms with Crippen molar-refractivity contribution in [2.45, 2.75) is 20.3 Å². The van der Waals surface area contributed by atoms with Gasteiger partial charge in [-0.1, -0.05) is 0 Å². The minimum atomic E-state index is 0.784. The number of halogens is 1. The van der Waals surface area contributed by atoms with Crippen LogP contribution in [0.5, 0.6) is 0 Å². The van der Waals surface area contributed by atoms with Crippen LogP contribution in [-0.2, 0) is 4.74 Å². The lowest BCUT2D eigenvalue weighted by atomic mass is 10.3. The summed E-state index contributed by atoms with van der Waals surface area (Å²) < 4.78 is 6.26. The summed E-state index contributed by atoms with van der Waals surface area (Å²) in [7, 11) is 0. The van der Waals surface area contributed by atoms with Crippen molar-refractivity contribution in [3.8, 4) is 0 Å². The van der Waals surface area contributed by atoms with Gasteiger partial charge in [-0.2, -0.15) is 0 Å². The Morgan fingerprint density at radius 3 is 3.00 bits per heavy atom. The summed E-state index contributed by atoms with van der Waals surface area (Å²) in [4.78, 5) is 4.30. The highest BCUT2D eigenvalue weighted by Gasteiger charge is 1.99. The van der Waals surface area contributed by atoms with Gasteiger partial charge in [-0.05, 0) is 47.8 Å². The zero-order valence-corrected chi connectivity index (χ0v) is 10.8. The molecule has 0 aliphatic rings. The van der Waals surface area contributed by atoms with Crippen LogP contribution in [-0.4, -0.2) is 24.7 Å². The minimum absolute atomic E-state index is 0.784. The Morgan fingerprint density at radius 2 is 2.33 bits per heavy atom. The average Bonchev–Trinajstić information content (AvgIpc) is 2.20. The number of hydrogen-bond donors (Lipinski definition) is 1. The maximum Gasteiger partial charge on any atom is 0.140 e. The molecule has 0 amide bonds. The van der Waals surface area contributed by atoms with Crippen LogP contribution in [0.3, 0.4) is 0 Å². The van der Waals surface area contributed by atoms with Crippen molar-refractivity contribution < 1.29 is 4.74 Å². The lowest BCUT2D eigenvalue weighted by Gasteiger charge is -2.07. The van der Waals surface area contributed by atoms with E-state index in [0.29, 0.717) is 0 Å². The molecule has 0 spiro atoms. The third kappa shape index (κ3) is 4.62. The molecule has 0 aliphatic heterocycles. The first-order chi connectivity index (χ1) is 7.24. The molecule has 1 N–H and O–H groups in total. The van der Waals surface area contributed by atoms with E-state index in [0.717, 1.165) is 42.0 Å². The first-order valence-corrected chi connectivity index (χ1v) is 5.97. The molecule has 3 nitrogen and oxygen atoms in total. The van der Waals surface area contributed by atoms with Gasteiger partial charge in [-0.25, -0.2) is 4.98 Å². The van der Waals surface area contributed by atoms with Crippen LogP contribution in [0, 0.1) is 6.92 Å². The summed E-state index contributed by atoms with van der Waals surface area (Å²) in [6.07, 6.45) is 2.85. The fourth-order valence-electron chi connectivity index (χ4n) is 1.19. The van der Waals surface area contributed by atoms with Crippen molar-refractivity contribution in [2.24, 2.45) is 0 Å². The van der Waals surface area contributed by atoms with Gasteiger partial charge >= 0.3 is 0 Å². The number of aromatic nitrogens is 1. The average molecular weight is 273 g/mol. The maximum absolute atomic E-state index is 5.25. The molecule has 0 atom stereocenters. The Bertz CT molecular complexity index is 305. The second-order valence-corrected chi connectivity index (χ2v) is 4.17. The predicted octanol–water partition coefficient (Wildman–Crippen LogP) is 2.99. The van der Waals surface area contributed by atoms with Crippen molar-refractivity contribution in [1.29, 1.82) is 0 Å². The second-order valence-electron chi connectivity index (χ2n) is 3.32. The highest BCUT2D eigenvalue weighted by molar-refractivity contribution is 9.10. The Kier molecular flexibility index (Phi) is 5.65. The molecule has 0 radical (unpaired) electrons. The molecule has 84 valence electrons. The standard InChI is InChI=1S/C11H17BrN2O/c1-3-15-6-4-5-13-11-10(12)7-9(2)8-14-11/h7-8H,3-6H2,1-2H3,(H,13,14). The van der Waals surface area contributed by atoms with Gasteiger partial charge in [0, 0.05) is 26.0 Å². The van der Waals surface area contributed by atoms with E-state index in [1.54, 1.807) is 0 Å². The summed E-state index contributed by atoms with van der Waals surface area (Å²) in [5, 5.41) is 3.26. The zero-order chi connectivity index (χ0) is 11.1. The van der Waals surface area contributed by atoms with Crippen LogP contribution in [0.2, 0.25) is 0 Å². The molecule has 0 aliphatic carbocycles. The van der Waals surface area contributed by atoms with E-state index in [2.05, 4.69) is 32.3 Å². The molecule has 15 heavy (non-hydrogen) atoms. The number of pyridine rings is 1. The Morgan fingerprint density at radius 1 is 1.53 bits per heavy atom. The van der Waals surface area contributed by atoms with Gasteiger partial charge in [0.05, 0.1) is 4.47 Å². The molecule has 1 heterocycles. The summed E-state index contributed by atoms with van der Waals surface area (Å²) >= 11 is 3.47. The van der Waals surface area contributed by atoms with E-state index in [1.807, 2.05) is 20.0 Å². The molecule has 1 rings (SSSR count). The quantitative estimate of drug-likeness (QED) is 0.809.